The lowest BCUT2D eigenvalue weighted by Crippen LogP contribution is -2.03. The van der Waals surface area contributed by atoms with Crippen molar-refractivity contribution in [2.24, 2.45) is 0 Å². The predicted octanol–water partition coefficient (Wildman–Crippen LogP) is 4.04. The molecule has 0 spiro atoms. The topological polar surface area (TPSA) is 17.8 Å². The van der Waals surface area contributed by atoms with Gasteiger partial charge in [0.15, 0.2) is 0 Å². The van der Waals surface area contributed by atoms with Crippen LogP contribution in [0, 0.1) is 6.92 Å². The van der Waals surface area contributed by atoms with Crippen molar-refractivity contribution >= 4 is 17.1 Å². The summed E-state index contributed by atoms with van der Waals surface area (Å²) in [6, 6.07) is 14.7. The molecule has 0 saturated heterocycles. The average molecular weight is 246 g/mol. The molecule has 0 saturated carbocycles. The van der Waals surface area contributed by atoms with E-state index in [2.05, 4.69) is 60.0 Å². The first-order valence-electron chi connectivity index (χ1n) is 6.56. The first-order valence-corrected chi connectivity index (χ1v) is 6.56. The van der Waals surface area contributed by atoms with Gasteiger partial charge in [0.2, 0.25) is 0 Å². The summed E-state index contributed by atoms with van der Waals surface area (Å²) in [5.74, 6) is 1.06. The van der Waals surface area contributed by atoms with E-state index in [-0.39, 0.29) is 0 Å². The molecule has 2 heteroatoms. The van der Waals surface area contributed by atoms with Gasteiger partial charge < -0.3 is 4.57 Å². The van der Waals surface area contributed by atoms with Crippen molar-refractivity contribution in [1.82, 2.24) is 9.55 Å². The molecule has 0 amide bonds. The molecular weight excluding hydrogens is 232 g/mol. The Morgan fingerprint density at radius 2 is 1.89 bits per heavy atom. The molecular formula is C17H14N2. The molecule has 4 rings (SSSR count). The number of hydrogen-bond acceptors (Lipinski definition) is 1. The van der Waals surface area contributed by atoms with E-state index in [1.165, 1.54) is 22.2 Å². The Bertz CT molecular complexity index is 795. The Morgan fingerprint density at radius 1 is 1.05 bits per heavy atom. The summed E-state index contributed by atoms with van der Waals surface area (Å²) < 4.78 is 2.31. The minimum absolute atomic E-state index is 0.900. The van der Waals surface area contributed by atoms with Crippen molar-refractivity contribution in [3.63, 3.8) is 0 Å². The first kappa shape index (κ1) is 10.6. The van der Waals surface area contributed by atoms with Crippen LogP contribution in [0.4, 0.5) is 0 Å². The molecule has 2 nitrogen and oxygen atoms in total. The van der Waals surface area contributed by atoms with Crippen LogP contribution in [0.1, 0.15) is 11.1 Å². The highest BCUT2D eigenvalue weighted by Gasteiger charge is 2.17. The average Bonchev–Trinajstić information content (AvgIpc) is 2.84. The van der Waals surface area contributed by atoms with Crippen molar-refractivity contribution < 1.29 is 0 Å². The highest BCUT2D eigenvalue weighted by molar-refractivity contribution is 5.91. The highest BCUT2D eigenvalue weighted by Crippen LogP contribution is 2.31. The normalized spacial score (nSPS) is 13.1. The van der Waals surface area contributed by atoms with Crippen molar-refractivity contribution in [2.45, 2.75) is 13.5 Å². The third-order valence-corrected chi connectivity index (χ3v) is 3.77. The summed E-state index contributed by atoms with van der Waals surface area (Å²) in [6.07, 6.45) is 4.43. The Morgan fingerprint density at radius 3 is 2.74 bits per heavy atom. The molecule has 0 unspecified atom stereocenters. The van der Waals surface area contributed by atoms with Gasteiger partial charge in [-0.2, -0.15) is 0 Å². The lowest BCUT2D eigenvalue weighted by molar-refractivity contribution is 0.855. The van der Waals surface area contributed by atoms with E-state index in [1.54, 1.807) is 0 Å². The third-order valence-electron chi connectivity index (χ3n) is 3.77. The lowest BCUT2D eigenvalue weighted by atomic mass is 10.0. The van der Waals surface area contributed by atoms with Crippen LogP contribution in [0.2, 0.25) is 0 Å². The van der Waals surface area contributed by atoms with E-state index in [0.717, 1.165) is 17.9 Å². The van der Waals surface area contributed by atoms with Crippen LogP contribution in [0.15, 0.2) is 48.5 Å². The second-order valence-electron chi connectivity index (χ2n) is 4.98. The molecule has 0 radical (unpaired) electrons. The molecule has 2 aromatic carbocycles. The number of aromatic nitrogens is 2. The van der Waals surface area contributed by atoms with Gasteiger partial charge in [0, 0.05) is 17.7 Å². The molecule has 0 aliphatic carbocycles. The summed E-state index contributed by atoms with van der Waals surface area (Å²) in [7, 11) is 0. The molecule has 3 aromatic rings. The largest absolute Gasteiger partial charge is 0.320 e. The zero-order valence-corrected chi connectivity index (χ0v) is 10.8. The highest BCUT2D eigenvalue weighted by atomic mass is 15.1. The van der Waals surface area contributed by atoms with Gasteiger partial charge in [0.05, 0.1) is 11.0 Å². The molecule has 0 atom stereocenters. The fourth-order valence-electron chi connectivity index (χ4n) is 2.82. The molecule has 0 fully saturated rings. The van der Waals surface area contributed by atoms with Crippen LogP contribution >= 0.6 is 0 Å². The minimum Gasteiger partial charge on any atom is -0.320 e. The van der Waals surface area contributed by atoms with Crippen LogP contribution in [0.3, 0.4) is 0 Å². The van der Waals surface area contributed by atoms with Gasteiger partial charge in [-0.25, -0.2) is 4.98 Å². The SMILES string of the molecule is Cc1ccc2nc(-c3ccccc3)n3c2c1C=CC3. The van der Waals surface area contributed by atoms with E-state index >= 15 is 0 Å². The Balaban J connectivity index is 2.09. The molecule has 1 aromatic heterocycles. The molecule has 1 aliphatic heterocycles. The van der Waals surface area contributed by atoms with Crippen molar-refractivity contribution in [3.05, 3.63) is 59.7 Å². The van der Waals surface area contributed by atoms with Crippen LogP contribution in [0.25, 0.3) is 28.5 Å². The molecule has 0 N–H and O–H groups in total. The summed E-state index contributed by atoms with van der Waals surface area (Å²) in [4.78, 5) is 4.82. The molecule has 2 heterocycles. The second-order valence-corrected chi connectivity index (χ2v) is 4.98. The van der Waals surface area contributed by atoms with Crippen molar-refractivity contribution in [3.8, 4) is 11.4 Å². The van der Waals surface area contributed by atoms with E-state index in [0.29, 0.717) is 0 Å². The fraction of sp³-hybridized carbons (Fsp3) is 0.118. The monoisotopic (exact) mass is 246 g/mol. The summed E-state index contributed by atoms with van der Waals surface area (Å²) in [6.45, 7) is 3.06. The van der Waals surface area contributed by atoms with Crippen molar-refractivity contribution in [2.75, 3.05) is 0 Å². The first-order chi connectivity index (χ1) is 9.34. The molecule has 19 heavy (non-hydrogen) atoms. The van der Waals surface area contributed by atoms with Crippen LogP contribution in [-0.2, 0) is 6.54 Å². The lowest BCUT2D eigenvalue weighted by Gasteiger charge is -2.13. The maximum atomic E-state index is 4.82. The van der Waals surface area contributed by atoms with E-state index in [1.807, 2.05) is 6.07 Å². The zero-order chi connectivity index (χ0) is 12.8. The Kier molecular flexibility index (Phi) is 2.12. The molecule has 92 valence electrons. The van der Waals surface area contributed by atoms with Gasteiger partial charge in [-0.1, -0.05) is 48.6 Å². The van der Waals surface area contributed by atoms with Crippen molar-refractivity contribution in [1.29, 1.82) is 0 Å². The maximum Gasteiger partial charge on any atom is 0.141 e. The second kappa shape index (κ2) is 3.82. The summed E-state index contributed by atoms with van der Waals surface area (Å²) in [5, 5.41) is 0. The summed E-state index contributed by atoms with van der Waals surface area (Å²) >= 11 is 0. The minimum atomic E-state index is 0.900. The third kappa shape index (κ3) is 1.46. The maximum absolute atomic E-state index is 4.82. The molecule has 0 bridgehead atoms. The van der Waals surface area contributed by atoms with Gasteiger partial charge in [-0.15, -0.1) is 0 Å². The standard InChI is InChI=1S/C17H14N2/c1-12-9-10-15-16-14(12)8-5-11-19(16)17(18-15)13-6-3-2-4-7-13/h2-10H,11H2,1H3. The number of nitrogens with zero attached hydrogens (tertiary/aromatic N) is 2. The number of benzene rings is 2. The van der Waals surface area contributed by atoms with E-state index in [9.17, 15) is 0 Å². The Hall–Kier alpha value is -2.35. The van der Waals surface area contributed by atoms with Gasteiger partial charge in [0.25, 0.3) is 0 Å². The van der Waals surface area contributed by atoms with Crippen LogP contribution < -0.4 is 0 Å². The smallest absolute Gasteiger partial charge is 0.141 e. The number of allylic oxidation sites excluding steroid dienone is 1. The molecule has 1 aliphatic rings. The van der Waals surface area contributed by atoms with Gasteiger partial charge in [0.1, 0.15) is 5.82 Å². The van der Waals surface area contributed by atoms with Gasteiger partial charge in [-0.05, 0) is 18.6 Å². The van der Waals surface area contributed by atoms with Gasteiger partial charge >= 0.3 is 0 Å². The number of rotatable bonds is 1. The Labute approximate surface area is 112 Å². The number of aryl methyl sites for hydroxylation is 1. The van der Waals surface area contributed by atoms with E-state index in [4.69, 9.17) is 4.98 Å². The number of imidazole rings is 1. The van der Waals surface area contributed by atoms with Crippen LogP contribution in [-0.4, -0.2) is 9.55 Å². The van der Waals surface area contributed by atoms with Gasteiger partial charge in [-0.3, -0.25) is 0 Å². The quantitative estimate of drug-likeness (QED) is 0.633. The van der Waals surface area contributed by atoms with E-state index < -0.39 is 0 Å². The van der Waals surface area contributed by atoms with Crippen LogP contribution in [0.5, 0.6) is 0 Å². The number of hydrogen-bond donors (Lipinski definition) is 0. The predicted molar refractivity (Wildman–Crippen MR) is 78.9 cm³/mol. The summed E-state index contributed by atoms with van der Waals surface area (Å²) in [5.41, 5.74) is 6.14. The zero-order valence-electron chi connectivity index (χ0n) is 10.8. The fourth-order valence-corrected chi connectivity index (χ4v) is 2.82.